The summed E-state index contributed by atoms with van der Waals surface area (Å²) in [6, 6.07) is 6.43. The molecule has 2 fully saturated rings. The van der Waals surface area contributed by atoms with Crippen LogP contribution in [-0.2, 0) is 9.53 Å². The van der Waals surface area contributed by atoms with Crippen molar-refractivity contribution in [1.29, 1.82) is 0 Å². The second-order valence-corrected chi connectivity index (χ2v) is 6.18. The van der Waals surface area contributed by atoms with Gasteiger partial charge in [0.2, 0.25) is 5.91 Å². The molecule has 0 saturated carbocycles. The van der Waals surface area contributed by atoms with Crippen LogP contribution in [0.3, 0.4) is 0 Å². The third-order valence-corrected chi connectivity index (χ3v) is 4.48. The highest BCUT2D eigenvalue weighted by Gasteiger charge is 2.34. The summed E-state index contributed by atoms with van der Waals surface area (Å²) < 4.78 is 5.80. The highest BCUT2D eigenvalue weighted by Crippen LogP contribution is 2.27. The van der Waals surface area contributed by atoms with Crippen LogP contribution in [-0.4, -0.2) is 36.6 Å². The van der Waals surface area contributed by atoms with Gasteiger partial charge in [0.05, 0.1) is 12.6 Å². The Bertz CT molecular complexity index is 524. The number of carbonyl (C=O) groups is 1. The van der Waals surface area contributed by atoms with E-state index in [0.717, 1.165) is 19.4 Å². The number of carbonyl (C=O) groups excluding carboxylic acids is 1. The standard InChI is InChI=1S/C17H24N2O2/c1-12-6-7-13(2)15(9-12)17-18-10-16(20)19(17)11-14-5-3-4-8-21-14/h6-7,9,14,17-18H,3-5,8,10-11H2,1-2H3. The molecule has 0 bridgehead atoms. The Morgan fingerprint density at radius 2 is 2.19 bits per heavy atom. The number of aryl methyl sites for hydroxylation is 2. The van der Waals surface area contributed by atoms with Crippen molar-refractivity contribution in [2.75, 3.05) is 19.7 Å². The quantitative estimate of drug-likeness (QED) is 0.928. The van der Waals surface area contributed by atoms with Crippen LogP contribution in [0.4, 0.5) is 0 Å². The Hall–Kier alpha value is -1.39. The van der Waals surface area contributed by atoms with Gasteiger partial charge < -0.3 is 9.64 Å². The molecule has 2 atom stereocenters. The number of benzene rings is 1. The number of hydrogen-bond donors (Lipinski definition) is 1. The minimum absolute atomic E-state index is 0.0112. The lowest BCUT2D eigenvalue weighted by atomic mass is 10.0. The van der Waals surface area contributed by atoms with E-state index in [9.17, 15) is 4.79 Å². The van der Waals surface area contributed by atoms with Crippen molar-refractivity contribution in [2.45, 2.75) is 45.4 Å². The molecule has 114 valence electrons. The molecule has 3 rings (SSSR count). The second-order valence-electron chi connectivity index (χ2n) is 6.18. The molecule has 2 heterocycles. The van der Waals surface area contributed by atoms with E-state index < -0.39 is 0 Å². The van der Waals surface area contributed by atoms with E-state index in [-0.39, 0.29) is 18.2 Å². The summed E-state index contributed by atoms with van der Waals surface area (Å²) in [4.78, 5) is 14.2. The highest BCUT2D eigenvalue weighted by atomic mass is 16.5. The smallest absolute Gasteiger partial charge is 0.238 e. The molecule has 1 N–H and O–H groups in total. The molecule has 1 amide bonds. The first-order valence-electron chi connectivity index (χ1n) is 7.87. The van der Waals surface area contributed by atoms with E-state index in [2.05, 4.69) is 37.4 Å². The number of nitrogens with zero attached hydrogens (tertiary/aromatic N) is 1. The lowest BCUT2D eigenvalue weighted by Gasteiger charge is -2.31. The summed E-state index contributed by atoms with van der Waals surface area (Å²) in [7, 11) is 0. The molecule has 0 aliphatic carbocycles. The second kappa shape index (κ2) is 6.16. The fraction of sp³-hybridized carbons (Fsp3) is 0.588. The first-order chi connectivity index (χ1) is 10.1. The van der Waals surface area contributed by atoms with Gasteiger partial charge in [0, 0.05) is 13.2 Å². The van der Waals surface area contributed by atoms with Crippen LogP contribution in [0.2, 0.25) is 0 Å². The molecule has 4 heteroatoms. The Labute approximate surface area is 126 Å². The maximum absolute atomic E-state index is 12.2. The van der Waals surface area contributed by atoms with Gasteiger partial charge in [0.25, 0.3) is 0 Å². The Kier molecular flexibility index (Phi) is 4.27. The predicted octanol–water partition coefficient (Wildman–Crippen LogP) is 2.30. The SMILES string of the molecule is Cc1ccc(C)c(C2NCC(=O)N2CC2CCCCO2)c1. The maximum Gasteiger partial charge on any atom is 0.238 e. The van der Waals surface area contributed by atoms with Crippen LogP contribution in [0, 0.1) is 13.8 Å². The molecular formula is C17H24N2O2. The Balaban J connectivity index is 1.79. The molecule has 1 aromatic rings. The zero-order chi connectivity index (χ0) is 14.8. The van der Waals surface area contributed by atoms with Gasteiger partial charge in [-0.2, -0.15) is 0 Å². The first-order valence-corrected chi connectivity index (χ1v) is 7.87. The predicted molar refractivity (Wildman–Crippen MR) is 82.0 cm³/mol. The number of ether oxygens (including phenoxy) is 1. The van der Waals surface area contributed by atoms with Gasteiger partial charge in [-0.15, -0.1) is 0 Å². The third-order valence-electron chi connectivity index (χ3n) is 4.48. The fourth-order valence-electron chi connectivity index (χ4n) is 3.25. The van der Waals surface area contributed by atoms with Crippen molar-refractivity contribution in [3.8, 4) is 0 Å². The molecule has 0 aromatic heterocycles. The molecule has 2 unspecified atom stereocenters. The van der Waals surface area contributed by atoms with Gasteiger partial charge in [-0.05, 0) is 44.2 Å². The van der Waals surface area contributed by atoms with Crippen molar-refractivity contribution in [3.05, 3.63) is 34.9 Å². The number of amides is 1. The Morgan fingerprint density at radius 1 is 1.33 bits per heavy atom. The summed E-state index contributed by atoms with van der Waals surface area (Å²) in [5.74, 6) is 0.176. The van der Waals surface area contributed by atoms with Crippen LogP contribution in [0.15, 0.2) is 18.2 Å². The highest BCUT2D eigenvalue weighted by molar-refractivity contribution is 5.81. The van der Waals surface area contributed by atoms with E-state index in [1.54, 1.807) is 0 Å². The van der Waals surface area contributed by atoms with Gasteiger partial charge in [-0.25, -0.2) is 0 Å². The third kappa shape index (κ3) is 3.11. The number of hydrogen-bond acceptors (Lipinski definition) is 3. The van der Waals surface area contributed by atoms with Crippen molar-refractivity contribution in [2.24, 2.45) is 0 Å². The zero-order valence-electron chi connectivity index (χ0n) is 12.9. The average Bonchev–Trinajstić information content (AvgIpc) is 2.84. The molecule has 2 aliphatic rings. The molecule has 0 spiro atoms. The van der Waals surface area contributed by atoms with E-state index in [1.165, 1.54) is 23.1 Å². The molecular weight excluding hydrogens is 264 g/mol. The number of nitrogens with one attached hydrogen (secondary N) is 1. The topological polar surface area (TPSA) is 41.6 Å². The summed E-state index contributed by atoms with van der Waals surface area (Å²) in [6.07, 6.45) is 3.58. The van der Waals surface area contributed by atoms with Crippen molar-refractivity contribution in [3.63, 3.8) is 0 Å². The lowest BCUT2D eigenvalue weighted by Crippen LogP contribution is -2.39. The van der Waals surface area contributed by atoms with Gasteiger partial charge >= 0.3 is 0 Å². The Morgan fingerprint density at radius 3 is 2.95 bits per heavy atom. The van der Waals surface area contributed by atoms with E-state index in [0.29, 0.717) is 13.1 Å². The molecule has 1 aromatic carbocycles. The van der Waals surface area contributed by atoms with Crippen molar-refractivity contribution < 1.29 is 9.53 Å². The van der Waals surface area contributed by atoms with Gasteiger partial charge in [-0.1, -0.05) is 23.8 Å². The minimum atomic E-state index is -0.0112. The summed E-state index contributed by atoms with van der Waals surface area (Å²) in [5, 5.41) is 3.35. The number of rotatable bonds is 3. The van der Waals surface area contributed by atoms with E-state index in [4.69, 9.17) is 4.74 Å². The first kappa shape index (κ1) is 14.5. The van der Waals surface area contributed by atoms with E-state index in [1.807, 2.05) is 4.90 Å². The van der Waals surface area contributed by atoms with Crippen molar-refractivity contribution in [1.82, 2.24) is 10.2 Å². The van der Waals surface area contributed by atoms with Gasteiger partial charge in [0.15, 0.2) is 0 Å². The maximum atomic E-state index is 12.2. The van der Waals surface area contributed by atoms with Crippen LogP contribution >= 0.6 is 0 Å². The normalized spacial score (nSPS) is 26.4. The van der Waals surface area contributed by atoms with Gasteiger partial charge in [-0.3, -0.25) is 10.1 Å². The average molecular weight is 288 g/mol. The zero-order valence-corrected chi connectivity index (χ0v) is 12.9. The van der Waals surface area contributed by atoms with Gasteiger partial charge in [0.1, 0.15) is 6.17 Å². The summed E-state index contributed by atoms with van der Waals surface area (Å²) in [5.41, 5.74) is 3.66. The molecule has 2 aliphatic heterocycles. The molecule has 4 nitrogen and oxygen atoms in total. The summed E-state index contributed by atoms with van der Waals surface area (Å²) >= 11 is 0. The van der Waals surface area contributed by atoms with Crippen LogP contribution < -0.4 is 5.32 Å². The van der Waals surface area contributed by atoms with E-state index >= 15 is 0 Å². The molecule has 0 radical (unpaired) electrons. The largest absolute Gasteiger partial charge is 0.376 e. The molecule has 21 heavy (non-hydrogen) atoms. The minimum Gasteiger partial charge on any atom is -0.376 e. The lowest BCUT2D eigenvalue weighted by molar-refractivity contribution is -0.130. The monoisotopic (exact) mass is 288 g/mol. The van der Waals surface area contributed by atoms with Crippen molar-refractivity contribution >= 4 is 5.91 Å². The van der Waals surface area contributed by atoms with Crippen LogP contribution in [0.25, 0.3) is 0 Å². The van der Waals surface area contributed by atoms with Crippen LogP contribution in [0.5, 0.6) is 0 Å². The summed E-state index contributed by atoms with van der Waals surface area (Å²) in [6.45, 7) is 6.14. The fourth-order valence-corrected chi connectivity index (χ4v) is 3.25. The molecule has 2 saturated heterocycles. The van der Waals surface area contributed by atoms with Crippen LogP contribution in [0.1, 0.15) is 42.1 Å².